The van der Waals surface area contributed by atoms with Crippen LogP contribution < -0.4 is 10.0 Å². The highest BCUT2D eigenvalue weighted by Crippen LogP contribution is 2.25. The van der Waals surface area contributed by atoms with Gasteiger partial charge in [-0.15, -0.1) is 0 Å². The molecule has 8 heteroatoms. The highest BCUT2D eigenvalue weighted by molar-refractivity contribution is 7.90. The van der Waals surface area contributed by atoms with Crippen LogP contribution in [0.3, 0.4) is 0 Å². The Kier molecular flexibility index (Phi) is 8.68. The van der Waals surface area contributed by atoms with Crippen LogP contribution in [0.4, 0.5) is 17.1 Å². The molecule has 30 heavy (non-hydrogen) atoms. The number of anilines is 1. The normalized spacial score (nSPS) is 11.9. The molecule has 0 aromatic heterocycles. The topological polar surface area (TPSA) is 100.0 Å². The summed E-state index contributed by atoms with van der Waals surface area (Å²) >= 11 is 0. The number of hydrogen-bond acceptors (Lipinski definition) is 5. The molecule has 0 spiro atoms. The molecule has 0 aliphatic carbocycles. The van der Waals surface area contributed by atoms with Crippen LogP contribution in [0.15, 0.2) is 52.7 Å². The number of nitrogens with one attached hydrogen (secondary N) is 2. The quantitative estimate of drug-likeness (QED) is 0.402. The Morgan fingerprint density at radius 2 is 1.73 bits per heavy atom. The number of hydrogen-bond donors (Lipinski definition) is 2. The molecule has 2 aromatic rings. The van der Waals surface area contributed by atoms with Crippen molar-refractivity contribution >= 4 is 33.0 Å². The van der Waals surface area contributed by atoms with E-state index in [1.54, 1.807) is 13.8 Å². The van der Waals surface area contributed by atoms with Gasteiger partial charge in [0.1, 0.15) is 0 Å². The molecule has 1 amide bonds. The Morgan fingerprint density at radius 1 is 1.00 bits per heavy atom. The molecule has 2 N–H and O–H groups in total. The van der Waals surface area contributed by atoms with Crippen molar-refractivity contribution in [2.24, 2.45) is 10.2 Å². The van der Waals surface area contributed by atoms with Gasteiger partial charge in [0.2, 0.25) is 15.9 Å². The highest BCUT2D eigenvalue weighted by Gasteiger charge is 2.14. The Bertz CT molecular complexity index is 1000. The lowest BCUT2D eigenvalue weighted by atomic mass is 10.1. The molecule has 0 fully saturated rings. The van der Waals surface area contributed by atoms with Crippen molar-refractivity contribution in [3.05, 3.63) is 53.6 Å². The van der Waals surface area contributed by atoms with Crippen molar-refractivity contribution in [3.8, 4) is 0 Å². The largest absolute Gasteiger partial charge is 0.326 e. The second kappa shape index (κ2) is 11.0. The summed E-state index contributed by atoms with van der Waals surface area (Å²) < 4.78 is 25.9. The van der Waals surface area contributed by atoms with E-state index < -0.39 is 15.3 Å². The molecule has 7 nitrogen and oxygen atoms in total. The molecular formula is C22H30N4O3S. The van der Waals surface area contributed by atoms with Gasteiger partial charge in [-0.2, -0.15) is 10.2 Å². The van der Waals surface area contributed by atoms with Gasteiger partial charge in [-0.05, 0) is 75.9 Å². The van der Waals surface area contributed by atoms with E-state index >= 15 is 0 Å². The molecule has 162 valence electrons. The van der Waals surface area contributed by atoms with Crippen LogP contribution in [-0.4, -0.2) is 26.1 Å². The highest BCUT2D eigenvalue weighted by atomic mass is 32.2. The first kappa shape index (κ1) is 23.7. The van der Waals surface area contributed by atoms with Crippen LogP contribution in [0.1, 0.15) is 44.2 Å². The third kappa shape index (κ3) is 7.35. The number of rotatable bonds is 10. The maximum atomic E-state index is 12.2. The van der Waals surface area contributed by atoms with Gasteiger partial charge in [-0.1, -0.05) is 18.2 Å². The maximum Gasteiger partial charge on any atom is 0.224 e. The summed E-state index contributed by atoms with van der Waals surface area (Å²) in [5.74, 6) is -0.0981. The van der Waals surface area contributed by atoms with Crippen LogP contribution in [0, 0.1) is 13.8 Å². The van der Waals surface area contributed by atoms with E-state index in [2.05, 4.69) is 20.3 Å². The second-order valence-electron chi connectivity index (χ2n) is 7.48. The van der Waals surface area contributed by atoms with E-state index in [0.29, 0.717) is 31.5 Å². The fourth-order valence-corrected chi connectivity index (χ4v) is 3.40. The summed E-state index contributed by atoms with van der Waals surface area (Å²) in [4.78, 5) is 12.2. The van der Waals surface area contributed by atoms with Gasteiger partial charge in [-0.3, -0.25) is 4.79 Å². The molecule has 0 bridgehead atoms. The standard InChI is InChI=1S/C22H30N4O3S/c1-16(2)30(28,29)23-14-8-7-11-22(27)24-20-13-12-19(15-18(20)4)25-26-21-10-6-5-9-17(21)3/h5-6,9-10,12-13,15-16,23H,7-8,11,14H2,1-4H3,(H,24,27)/b26-25+. The van der Waals surface area contributed by atoms with Crippen molar-refractivity contribution in [2.45, 2.75) is 52.2 Å². The van der Waals surface area contributed by atoms with Gasteiger partial charge < -0.3 is 5.32 Å². The first-order valence-electron chi connectivity index (χ1n) is 10.1. The van der Waals surface area contributed by atoms with Gasteiger partial charge >= 0.3 is 0 Å². The summed E-state index contributed by atoms with van der Waals surface area (Å²) in [5.41, 5.74) is 4.22. The number of unbranched alkanes of at least 4 members (excludes halogenated alkanes) is 1. The van der Waals surface area contributed by atoms with E-state index in [4.69, 9.17) is 0 Å². The smallest absolute Gasteiger partial charge is 0.224 e. The van der Waals surface area contributed by atoms with Gasteiger partial charge in [0.15, 0.2) is 0 Å². The zero-order valence-corrected chi connectivity index (χ0v) is 18.8. The lowest BCUT2D eigenvalue weighted by molar-refractivity contribution is -0.116. The van der Waals surface area contributed by atoms with Crippen molar-refractivity contribution in [3.63, 3.8) is 0 Å². The molecule has 0 aliphatic heterocycles. The number of aryl methyl sites for hydroxylation is 2. The van der Waals surface area contributed by atoms with Crippen molar-refractivity contribution in [1.29, 1.82) is 0 Å². The van der Waals surface area contributed by atoms with Crippen LogP contribution in [0.5, 0.6) is 0 Å². The fourth-order valence-electron chi connectivity index (χ4n) is 2.64. The number of nitrogens with zero attached hydrogens (tertiary/aromatic N) is 2. The lowest BCUT2D eigenvalue weighted by Gasteiger charge is -2.10. The lowest BCUT2D eigenvalue weighted by Crippen LogP contribution is -2.31. The van der Waals surface area contributed by atoms with Gasteiger partial charge in [0.25, 0.3) is 0 Å². The Labute approximate surface area is 179 Å². The molecule has 2 rings (SSSR count). The fraction of sp³-hybridized carbons (Fsp3) is 0.409. The van der Waals surface area contributed by atoms with Crippen LogP contribution >= 0.6 is 0 Å². The van der Waals surface area contributed by atoms with E-state index in [1.165, 1.54) is 0 Å². The van der Waals surface area contributed by atoms with Crippen LogP contribution in [0.2, 0.25) is 0 Å². The Hall–Kier alpha value is -2.58. The first-order chi connectivity index (χ1) is 14.2. The summed E-state index contributed by atoms with van der Waals surface area (Å²) in [6.07, 6.45) is 1.54. The molecule has 0 saturated carbocycles. The monoisotopic (exact) mass is 430 g/mol. The van der Waals surface area contributed by atoms with E-state index in [-0.39, 0.29) is 5.91 Å². The minimum absolute atomic E-state index is 0.0981. The number of benzene rings is 2. The molecule has 0 saturated heterocycles. The van der Waals surface area contributed by atoms with Crippen LogP contribution in [0.25, 0.3) is 0 Å². The number of carbonyl (C=O) groups is 1. The Morgan fingerprint density at radius 3 is 2.40 bits per heavy atom. The molecule has 0 unspecified atom stereocenters. The molecule has 0 atom stereocenters. The third-order valence-electron chi connectivity index (χ3n) is 4.63. The van der Waals surface area contributed by atoms with Gasteiger partial charge in [-0.25, -0.2) is 13.1 Å². The summed E-state index contributed by atoms with van der Waals surface area (Å²) in [5, 5.41) is 11.0. The molecule has 2 aromatic carbocycles. The summed E-state index contributed by atoms with van der Waals surface area (Å²) in [7, 11) is -3.25. The van der Waals surface area contributed by atoms with Gasteiger partial charge in [0.05, 0.1) is 16.6 Å². The second-order valence-corrected chi connectivity index (χ2v) is 9.80. The molecule has 0 radical (unpaired) electrons. The van der Waals surface area contributed by atoms with E-state index in [0.717, 1.165) is 22.5 Å². The van der Waals surface area contributed by atoms with Crippen LogP contribution in [-0.2, 0) is 14.8 Å². The van der Waals surface area contributed by atoms with E-state index in [9.17, 15) is 13.2 Å². The predicted molar refractivity (Wildman–Crippen MR) is 121 cm³/mol. The van der Waals surface area contributed by atoms with Crippen molar-refractivity contribution < 1.29 is 13.2 Å². The average Bonchev–Trinajstić information content (AvgIpc) is 2.69. The number of sulfonamides is 1. The minimum atomic E-state index is -3.25. The molecule has 0 heterocycles. The zero-order chi connectivity index (χ0) is 22.1. The average molecular weight is 431 g/mol. The summed E-state index contributed by atoms with van der Waals surface area (Å²) in [6, 6.07) is 13.3. The summed E-state index contributed by atoms with van der Waals surface area (Å²) in [6.45, 7) is 7.50. The molecule has 0 aliphatic rings. The molecular weight excluding hydrogens is 400 g/mol. The number of azo groups is 1. The number of carbonyl (C=O) groups excluding carboxylic acids is 1. The number of amides is 1. The third-order valence-corrected chi connectivity index (χ3v) is 6.47. The van der Waals surface area contributed by atoms with Crippen molar-refractivity contribution in [1.82, 2.24) is 4.72 Å². The Balaban J connectivity index is 1.83. The van der Waals surface area contributed by atoms with Crippen molar-refractivity contribution in [2.75, 3.05) is 11.9 Å². The maximum absolute atomic E-state index is 12.2. The van der Waals surface area contributed by atoms with Gasteiger partial charge in [0, 0.05) is 18.7 Å². The predicted octanol–water partition coefficient (Wildman–Crippen LogP) is 5.16. The first-order valence-corrected chi connectivity index (χ1v) is 11.6. The van der Waals surface area contributed by atoms with E-state index in [1.807, 2.05) is 56.3 Å². The zero-order valence-electron chi connectivity index (χ0n) is 18.0. The SMILES string of the molecule is Cc1ccccc1/N=N/c1ccc(NC(=O)CCCCNS(=O)(=O)C(C)C)c(C)c1. The minimum Gasteiger partial charge on any atom is -0.326 e.